The van der Waals surface area contributed by atoms with Crippen LogP contribution in [0.4, 0.5) is 0 Å². The van der Waals surface area contributed by atoms with Crippen molar-refractivity contribution < 1.29 is 0 Å². The standard InChI is InChI=1S/C15H18N2/c1-11-4-3-5-13(8-11)14-10-17-9-12(2)6-7-15(17)16-14/h3-5,8,10,12H,6-7,9H2,1-2H3/t12-/m1/s1. The number of imidazole rings is 1. The second kappa shape index (κ2) is 4.02. The molecule has 17 heavy (non-hydrogen) atoms. The zero-order valence-corrected chi connectivity index (χ0v) is 10.5. The first-order valence-corrected chi connectivity index (χ1v) is 6.35. The van der Waals surface area contributed by atoms with Gasteiger partial charge in [-0.3, -0.25) is 0 Å². The van der Waals surface area contributed by atoms with Crippen molar-refractivity contribution >= 4 is 0 Å². The smallest absolute Gasteiger partial charge is 0.109 e. The summed E-state index contributed by atoms with van der Waals surface area (Å²) in [6, 6.07) is 8.58. The minimum absolute atomic E-state index is 0.780. The number of aromatic nitrogens is 2. The maximum Gasteiger partial charge on any atom is 0.109 e. The highest BCUT2D eigenvalue weighted by Gasteiger charge is 2.17. The summed E-state index contributed by atoms with van der Waals surface area (Å²) >= 11 is 0. The van der Waals surface area contributed by atoms with Crippen molar-refractivity contribution in [2.24, 2.45) is 5.92 Å². The summed E-state index contributed by atoms with van der Waals surface area (Å²) in [4.78, 5) is 4.76. The topological polar surface area (TPSA) is 17.8 Å². The number of aryl methyl sites for hydroxylation is 2. The van der Waals surface area contributed by atoms with E-state index < -0.39 is 0 Å². The van der Waals surface area contributed by atoms with E-state index in [2.05, 4.69) is 48.9 Å². The minimum Gasteiger partial charge on any atom is -0.334 e. The predicted octanol–water partition coefficient (Wildman–Crippen LogP) is 3.44. The molecule has 0 saturated heterocycles. The Kier molecular flexibility index (Phi) is 2.50. The van der Waals surface area contributed by atoms with Gasteiger partial charge in [0.15, 0.2) is 0 Å². The molecule has 0 unspecified atom stereocenters. The first-order chi connectivity index (χ1) is 8.22. The van der Waals surface area contributed by atoms with Crippen molar-refractivity contribution in [2.45, 2.75) is 33.2 Å². The molecule has 1 aliphatic rings. The van der Waals surface area contributed by atoms with E-state index in [0.29, 0.717) is 0 Å². The molecule has 2 heteroatoms. The van der Waals surface area contributed by atoms with Crippen molar-refractivity contribution in [1.82, 2.24) is 9.55 Å². The Morgan fingerprint density at radius 2 is 2.24 bits per heavy atom. The van der Waals surface area contributed by atoms with Crippen molar-refractivity contribution in [3.63, 3.8) is 0 Å². The number of hydrogen-bond donors (Lipinski definition) is 0. The van der Waals surface area contributed by atoms with Gasteiger partial charge in [0, 0.05) is 24.7 Å². The minimum atomic E-state index is 0.780. The second-order valence-corrected chi connectivity index (χ2v) is 5.21. The molecule has 0 amide bonds. The quantitative estimate of drug-likeness (QED) is 0.728. The molecule has 3 rings (SSSR count). The van der Waals surface area contributed by atoms with Crippen LogP contribution in [0.2, 0.25) is 0 Å². The van der Waals surface area contributed by atoms with E-state index >= 15 is 0 Å². The van der Waals surface area contributed by atoms with E-state index in [1.807, 2.05) is 0 Å². The van der Waals surface area contributed by atoms with Crippen LogP contribution in [-0.4, -0.2) is 9.55 Å². The van der Waals surface area contributed by atoms with Crippen LogP contribution in [0.5, 0.6) is 0 Å². The molecular weight excluding hydrogens is 208 g/mol. The maximum absolute atomic E-state index is 4.76. The van der Waals surface area contributed by atoms with Crippen LogP contribution in [0.25, 0.3) is 11.3 Å². The molecule has 2 heterocycles. The molecule has 1 aliphatic heterocycles. The van der Waals surface area contributed by atoms with Crippen LogP contribution in [0.15, 0.2) is 30.5 Å². The Labute approximate surface area is 102 Å². The number of nitrogens with zero attached hydrogens (tertiary/aromatic N) is 2. The molecule has 0 N–H and O–H groups in total. The number of rotatable bonds is 1. The van der Waals surface area contributed by atoms with E-state index in [-0.39, 0.29) is 0 Å². The van der Waals surface area contributed by atoms with Gasteiger partial charge in [-0.1, -0.05) is 30.7 Å². The summed E-state index contributed by atoms with van der Waals surface area (Å²) in [5.41, 5.74) is 3.65. The highest BCUT2D eigenvalue weighted by Crippen LogP contribution is 2.25. The SMILES string of the molecule is Cc1cccc(-c2cn3c(n2)CC[C@@H](C)C3)c1. The Hall–Kier alpha value is -1.57. The fourth-order valence-electron chi connectivity index (χ4n) is 2.56. The van der Waals surface area contributed by atoms with Crippen LogP contribution < -0.4 is 0 Å². The Bertz CT molecular complexity index is 540. The third-order valence-corrected chi connectivity index (χ3v) is 3.54. The third kappa shape index (κ3) is 1.99. The molecule has 1 aromatic carbocycles. The second-order valence-electron chi connectivity index (χ2n) is 5.21. The first-order valence-electron chi connectivity index (χ1n) is 6.35. The lowest BCUT2D eigenvalue weighted by Crippen LogP contribution is -2.17. The molecule has 0 aliphatic carbocycles. The summed E-state index contributed by atoms with van der Waals surface area (Å²) in [5.74, 6) is 2.03. The summed E-state index contributed by atoms with van der Waals surface area (Å²) in [5, 5.41) is 0. The molecule has 0 radical (unpaired) electrons. The molecule has 0 fully saturated rings. The Morgan fingerprint density at radius 1 is 1.35 bits per heavy atom. The largest absolute Gasteiger partial charge is 0.334 e. The lowest BCUT2D eigenvalue weighted by molar-refractivity contribution is 0.394. The lowest BCUT2D eigenvalue weighted by Gasteiger charge is -2.19. The summed E-state index contributed by atoms with van der Waals surface area (Å²) in [6.07, 6.45) is 4.59. The Morgan fingerprint density at radius 3 is 3.06 bits per heavy atom. The normalized spacial score (nSPS) is 19.1. The van der Waals surface area contributed by atoms with E-state index in [1.54, 1.807) is 0 Å². The van der Waals surface area contributed by atoms with E-state index in [0.717, 1.165) is 24.6 Å². The van der Waals surface area contributed by atoms with Gasteiger partial charge in [0.1, 0.15) is 5.82 Å². The molecule has 88 valence electrons. The molecule has 2 aromatic rings. The van der Waals surface area contributed by atoms with Gasteiger partial charge in [-0.25, -0.2) is 4.98 Å². The van der Waals surface area contributed by atoms with Gasteiger partial charge in [0.05, 0.1) is 5.69 Å². The average molecular weight is 226 g/mol. The number of fused-ring (bicyclic) bond motifs is 1. The van der Waals surface area contributed by atoms with Gasteiger partial charge >= 0.3 is 0 Å². The number of hydrogen-bond acceptors (Lipinski definition) is 1. The number of benzene rings is 1. The van der Waals surface area contributed by atoms with Crippen molar-refractivity contribution in [3.8, 4) is 11.3 Å². The van der Waals surface area contributed by atoms with Gasteiger partial charge in [-0.15, -0.1) is 0 Å². The van der Waals surface area contributed by atoms with Gasteiger partial charge in [-0.05, 0) is 25.3 Å². The molecule has 0 spiro atoms. The first kappa shape index (κ1) is 10.6. The third-order valence-electron chi connectivity index (χ3n) is 3.54. The molecule has 0 bridgehead atoms. The van der Waals surface area contributed by atoms with Crippen LogP contribution >= 0.6 is 0 Å². The molecule has 2 nitrogen and oxygen atoms in total. The molecular formula is C15H18N2. The monoisotopic (exact) mass is 226 g/mol. The van der Waals surface area contributed by atoms with Gasteiger partial charge < -0.3 is 4.57 Å². The van der Waals surface area contributed by atoms with Crippen molar-refractivity contribution in [2.75, 3.05) is 0 Å². The van der Waals surface area contributed by atoms with Gasteiger partial charge in [-0.2, -0.15) is 0 Å². The van der Waals surface area contributed by atoms with E-state index in [4.69, 9.17) is 4.98 Å². The molecule has 0 saturated carbocycles. The van der Waals surface area contributed by atoms with Crippen LogP contribution in [0.1, 0.15) is 24.7 Å². The predicted molar refractivity (Wildman–Crippen MR) is 69.9 cm³/mol. The van der Waals surface area contributed by atoms with E-state index in [1.165, 1.54) is 23.4 Å². The van der Waals surface area contributed by atoms with Crippen LogP contribution in [0, 0.1) is 12.8 Å². The van der Waals surface area contributed by atoms with Gasteiger partial charge in [0.2, 0.25) is 0 Å². The fourth-order valence-corrected chi connectivity index (χ4v) is 2.56. The zero-order chi connectivity index (χ0) is 11.8. The van der Waals surface area contributed by atoms with Crippen molar-refractivity contribution in [3.05, 3.63) is 41.9 Å². The average Bonchev–Trinajstić information content (AvgIpc) is 2.72. The zero-order valence-electron chi connectivity index (χ0n) is 10.5. The molecule has 1 atom stereocenters. The summed E-state index contributed by atoms with van der Waals surface area (Å²) < 4.78 is 2.33. The van der Waals surface area contributed by atoms with Gasteiger partial charge in [0.25, 0.3) is 0 Å². The van der Waals surface area contributed by atoms with Crippen LogP contribution in [-0.2, 0) is 13.0 Å². The summed E-state index contributed by atoms with van der Waals surface area (Å²) in [6.45, 7) is 5.56. The lowest BCUT2D eigenvalue weighted by atomic mass is 10.0. The molecule has 1 aromatic heterocycles. The van der Waals surface area contributed by atoms with Crippen molar-refractivity contribution in [1.29, 1.82) is 0 Å². The summed E-state index contributed by atoms with van der Waals surface area (Å²) in [7, 11) is 0. The fraction of sp³-hybridized carbons (Fsp3) is 0.400. The highest BCUT2D eigenvalue weighted by molar-refractivity contribution is 5.59. The highest BCUT2D eigenvalue weighted by atomic mass is 15.1. The maximum atomic E-state index is 4.76. The Balaban J connectivity index is 2.00. The van der Waals surface area contributed by atoms with Crippen LogP contribution in [0.3, 0.4) is 0 Å². The van der Waals surface area contributed by atoms with E-state index in [9.17, 15) is 0 Å².